The normalized spacial score (nSPS) is 9.70. The first kappa shape index (κ1) is 16.5. The van der Waals surface area contributed by atoms with Crippen molar-refractivity contribution in [1.29, 1.82) is 0 Å². The predicted octanol–water partition coefficient (Wildman–Crippen LogP) is -0.487. The van der Waals surface area contributed by atoms with Gasteiger partial charge >= 0.3 is 0 Å². The molecule has 20 heavy (non-hydrogen) atoms. The zero-order valence-electron chi connectivity index (χ0n) is 12.0. The van der Waals surface area contributed by atoms with Crippen LogP contribution in [0.4, 0.5) is 5.69 Å². The van der Waals surface area contributed by atoms with Crippen LogP contribution in [0.15, 0.2) is 54.9 Å². The molecule has 2 aromatic rings. The molecule has 0 saturated heterocycles. The second-order valence-electron chi connectivity index (χ2n) is 4.70. The van der Waals surface area contributed by atoms with Gasteiger partial charge in [-0.1, -0.05) is 18.2 Å². The molecular weight excluding hydrogens is 316 g/mol. The molecule has 108 valence electrons. The lowest BCUT2D eigenvalue weighted by Gasteiger charge is -2.10. The molecule has 0 aliphatic heterocycles. The summed E-state index contributed by atoms with van der Waals surface area (Å²) in [5.74, 6) is 0.940. The molecule has 0 N–H and O–H groups in total. The van der Waals surface area contributed by atoms with Gasteiger partial charge in [-0.15, -0.1) is 0 Å². The van der Waals surface area contributed by atoms with Gasteiger partial charge in [0, 0.05) is 38.3 Å². The van der Waals surface area contributed by atoms with Crippen LogP contribution in [0.3, 0.4) is 0 Å². The highest BCUT2D eigenvalue weighted by Gasteiger charge is 2.02. The van der Waals surface area contributed by atoms with Crippen LogP contribution >= 0.6 is 0 Å². The van der Waals surface area contributed by atoms with E-state index in [1.165, 1.54) is 5.69 Å². The quantitative estimate of drug-likeness (QED) is 0.523. The number of hydrogen-bond acceptors (Lipinski definition) is 2. The van der Waals surface area contributed by atoms with Crippen LogP contribution in [0.5, 0.6) is 5.75 Å². The van der Waals surface area contributed by atoms with Crippen LogP contribution in [0, 0.1) is 0 Å². The molecule has 1 aromatic heterocycles. The van der Waals surface area contributed by atoms with Gasteiger partial charge in [0.1, 0.15) is 5.75 Å². The van der Waals surface area contributed by atoms with Crippen LogP contribution in [0.25, 0.3) is 0 Å². The lowest BCUT2D eigenvalue weighted by Crippen LogP contribution is -3.00. The van der Waals surface area contributed by atoms with E-state index in [-0.39, 0.29) is 17.0 Å². The summed E-state index contributed by atoms with van der Waals surface area (Å²) in [5.41, 5.74) is 1.22. The Morgan fingerprint density at radius 1 is 1.00 bits per heavy atom. The number of hydrogen-bond donors (Lipinski definition) is 0. The van der Waals surface area contributed by atoms with Crippen molar-refractivity contribution in [2.24, 2.45) is 0 Å². The topological polar surface area (TPSA) is 16.4 Å². The highest BCUT2D eigenvalue weighted by molar-refractivity contribution is 5.41. The third kappa shape index (κ3) is 5.21. The minimum Gasteiger partial charge on any atom is -1.00 e. The first-order chi connectivity index (χ1) is 9.25. The third-order valence-corrected chi connectivity index (χ3v) is 2.96. The number of aryl methyl sites for hydroxylation is 1. The molecule has 0 aliphatic carbocycles. The van der Waals surface area contributed by atoms with Gasteiger partial charge in [-0.05, 0) is 12.1 Å². The minimum atomic E-state index is 0. The molecule has 0 radical (unpaired) electrons. The molecule has 0 spiro atoms. The Bertz CT molecular complexity index is 486. The van der Waals surface area contributed by atoms with Crippen molar-refractivity contribution < 1.29 is 26.3 Å². The minimum absolute atomic E-state index is 0. The zero-order valence-corrected chi connectivity index (χ0v) is 13.6. The summed E-state index contributed by atoms with van der Waals surface area (Å²) < 4.78 is 7.85. The van der Waals surface area contributed by atoms with Crippen molar-refractivity contribution in [3.05, 3.63) is 54.9 Å². The average Bonchev–Trinajstić information content (AvgIpc) is 2.45. The van der Waals surface area contributed by atoms with Crippen molar-refractivity contribution in [3.8, 4) is 5.75 Å². The van der Waals surface area contributed by atoms with Gasteiger partial charge < -0.3 is 26.6 Å². The average molecular weight is 337 g/mol. The number of para-hydroxylation sites is 1. The largest absolute Gasteiger partial charge is 1.00 e. The fraction of sp³-hybridized carbons (Fsp3) is 0.312. The number of aromatic nitrogens is 1. The van der Waals surface area contributed by atoms with Crippen molar-refractivity contribution in [1.82, 2.24) is 0 Å². The predicted molar refractivity (Wildman–Crippen MR) is 77.5 cm³/mol. The monoisotopic (exact) mass is 336 g/mol. The molecule has 0 aliphatic rings. The van der Waals surface area contributed by atoms with Crippen LogP contribution in [0.2, 0.25) is 0 Å². The second-order valence-corrected chi connectivity index (χ2v) is 4.70. The fourth-order valence-corrected chi connectivity index (χ4v) is 1.85. The number of ether oxygens (including phenoxy) is 1. The Labute approximate surface area is 131 Å². The molecule has 1 aromatic carbocycles. The van der Waals surface area contributed by atoms with E-state index in [1.54, 1.807) is 0 Å². The molecular formula is C16H21BrN2O. The maximum atomic E-state index is 5.67. The van der Waals surface area contributed by atoms with Gasteiger partial charge in [-0.3, -0.25) is 0 Å². The molecule has 0 bridgehead atoms. The Balaban J connectivity index is 0.00000200. The van der Waals surface area contributed by atoms with Crippen LogP contribution in [-0.2, 0) is 6.54 Å². The smallest absolute Gasteiger partial charge is 0.170 e. The molecule has 1 heterocycles. The lowest BCUT2D eigenvalue weighted by molar-refractivity contribution is -0.697. The fourth-order valence-electron chi connectivity index (χ4n) is 1.85. The second kappa shape index (κ2) is 8.59. The highest BCUT2D eigenvalue weighted by Crippen LogP contribution is 2.08. The molecule has 0 fully saturated rings. The molecule has 0 saturated carbocycles. The summed E-state index contributed by atoms with van der Waals surface area (Å²) in [6.45, 7) is 1.72. The molecule has 0 atom stereocenters. The Morgan fingerprint density at radius 2 is 1.65 bits per heavy atom. The van der Waals surface area contributed by atoms with Crippen molar-refractivity contribution in [2.75, 3.05) is 25.6 Å². The van der Waals surface area contributed by atoms with E-state index in [0.29, 0.717) is 0 Å². The van der Waals surface area contributed by atoms with E-state index in [1.807, 2.05) is 44.4 Å². The lowest BCUT2D eigenvalue weighted by atomic mass is 10.3. The van der Waals surface area contributed by atoms with Gasteiger partial charge in [0.05, 0.1) is 6.61 Å². The molecule has 0 unspecified atom stereocenters. The SMILES string of the molecule is CN(C)c1cc[n+](CCCOc2ccccc2)cc1.[Br-]. The van der Waals surface area contributed by atoms with Gasteiger partial charge in [0.15, 0.2) is 18.9 Å². The first-order valence-corrected chi connectivity index (χ1v) is 6.60. The third-order valence-electron chi connectivity index (χ3n) is 2.96. The number of halogens is 1. The van der Waals surface area contributed by atoms with E-state index >= 15 is 0 Å². The van der Waals surface area contributed by atoms with Gasteiger partial charge in [0.2, 0.25) is 0 Å². The Morgan fingerprint density at radius 3 is 2.25 bits per heavy atom. The summed E-state index contributed by atoms with van der Waals surface area (Å²) in [4.78, 5) is 2.10. The van der Waals surface area contributed by atoms with E-state index in [9.17, 15) is 0 Å². The van der Waals surface area contributed by atoms with Gasteiger partial charge in [-0.2, -0.15) is 0 Å². The molecule has 3 nitrogen and oxygen atoms in total. The van der Waals surface area contributed by atoms with E-state index in [2.05, 4.69) is 34.0 Å². The van der Waals surface area contributed by atoms with E-state index in [0.717, 1.165) is 25.3 Å². The maximum absolute atomic E-state index is 5.67. The number of pyridine rings is 1. The number of nitrogens with zero attached hydrogens (tertiary/aromatic N) is 2. The van der Waals surface area contributed by atoms with Crippen molar-refractivity contribution >= 4 is 5.69 Å². The van der Waals surface area contributed by atoms with Crippen LogP contribution < -0.4 is 31.2 Å². The van der Waals surface area contributed by atoms with Crippen molar-refractivity contribution in [3.63, 3.8) is 0 Å². The first-order valence-electron chi connectivity index (χ1n) is 6.60. The van der Waals surface area contributed by atoms with E-state index < -0.39 is 0 Å². The number of benzene rings is 1. The molecule has 0 amide bonds. The van der Waals surface area contributed by atoms with Gasteiger partial charge in [0.25, 0.3) is 0 Å². The summed E-state index contributed by atoms with van der Waals surface area (Å²) in [5, 5.41) is 0. The molecule has 4 heteroatoms. The van der Waals surface area contributed by atoms with Crippen LogP contribution in [-0.4, -0.2) is 20.7 Å². The Kier molecular flexibility index (Phi) is 7.09. The zero-order chi connectivity index (χ0) is 13.5. The standard InChI is InChI=1S/C16H21N2O.BrH/c1-17(2)15-9-12-18(13-10-15)11-6-14-19-16-7-4-3-5-8-16;/h3-5,7-10,12-13H,6,11,14H2,1-2H3;1H/q+1;/p-1. The van der Waals surface area contributed by atoms with Crippen LogP contribution in [0.1, 0.15) is 6.42 Å². The Hall–Kier alpha value is -1.55. The van der Waals surface area contributed by atoms with Gasteiger partial charge in [-0.25, -0.2) is 4.57 Å². The highest BCUT2D eigenvalue weighted by atomic mass is 79.9. The van der Waals surface area contributed by atoms with Crippen molar-refractivity contribution in [2.45, 2.75) is 13.0 Å². The molecule has 2 rings (SSSR count). The summed E-state index contributed by atoms with van der Waals surface area (Å²) in [6.07, 6.45) is 5.22. The maximum Gasteiger partial charge on any atom is 0.170 e. The van der Waals surface area contributed by atoms with E-state index in [4.69, 9.17) is 4.74 Å². The number of anilines is 1. The number of rotatable bonds is 6. The summed E-state index contributed by atoms with van der Waals surface area (Å²) in [6, 6.07) is 14.2. The summed E-state index contributed by atoms with van der Waals surface area (Å²) >= 11 is 0. The summed E-state index contributed by atoms with van der Waals surface area (Å²) in [7, 11) is 4.10.